The molecule has 3 N–H and O–H groups in total. The van der Waals surface area contributed by atoms with Gasteiger partial charge in [-0.25, -0.2) is 0 Å². The quantitative estimate of drug-likeness (QED) is 0.811. The van der Waals surface area contributed by atoms with Crippen LogP contribution in [0.1, 0.15) is 46.0 Å². The number of rotatable bonds is 3. The van der Waals surface area contributed by atoms with Crippen molar-refractivity contribution in [1.82, 2.24) is 10.2 Å². The Bertz CT molecular complexity index is 323. The van der Waals surface area contributed by atoms with Crippen molar-refractivity contribution in [3.05, 3.63) is 0 Å². The van der Waals surface area contributed by atoms with E-state index in [-0.39, 0.29) is 5.91 Å². The number of nitrogens with two attached hydrogens (primary N) is 1. The Labute approximate surface area is 117 Å². The smallest absolute Gasteiger partial charge is 0.237 e. The maximum absolute atomic E-state index is 11.8. The van der Waals surface area contributed by atoms with Crippen LogP contribution < -0.4 is 11.1 Å². The lowest BCUT2D eigenvalue weighted by Crippen LogP contribution is -2.60. The molecular weight excluding hydrogens is 238 g/mol. The summed E-state index contributed by atoms with van der Waals surface area (Å²) in [6.07, 6.45) is 5.38. The molecule has 110 valence electrons. The number of hydrogen-bond acceptors (Lipinski definition) is 3. The average molecular weight is 267 g/mol. The molecule has 1 saturated heterocycles. The minimum atomic E-state index is -0.479. The zero-order valence-electron chi connectivity index (χ0n) is 12.6. The first-order valence-corrected chi connectivity index (χ1v) is 7.69. The van der Waals surface area contributed by atoms with Gasteiger partial charge in [-0.3, -0.25) is 9.69 Å². The van der Waals surface area contributed by atoms with Crippen molar-refractivity contribution < 1.29 is 4.79 Å². The zero-order valence-corrected chi connectivity index (χ0v) is 12.6. The van der Waals surface area contributed by atoms with Crippen molar-refractivity contribution in [1.29, 1.82) is 0 Å². The van der Waals surface area contributed by atoms with Crippen molar-refractivity contribution in [2.75, 3.05) is 20.1 Å². The number of likely N-dealkylation sites (N-methyl/N-ethyl adjacent to an activating group) is 1. The lowest BCUT2D eigenvalue weighted by Gasteiger charge is -2.46. The lowest BCUT2D eigenvalue weighted by molar-refractivity contribution is -0.126. The first-order valence-electron chi connectivity index (χ1n) is 7.69. The number of amides is 1. The van der Waals surface area contributed by atoms with E-state index < -0.39 is 5.54 Å². The summed E-state index contributed by atoms with van der Waals surface area (Å²) in [5.41, 5.74) is 5.16. The number of nitrogens with zero attached hydrogens (tertiary/aromatic N) is 1. The van der Waals surface area contributed by atoms with E-state index in [9.17, 15) is 4.79 Å². The Hall–Kier alpha value is -0.610. The van der Waals surface area contributed by atoms with Crippen molar-refractivity contribution in [2.45, 2.75) is 57.5 Å². The SMILES string of the molecule is CNC1(C(N)=O)CCCC(N2CC(C)CC(C)C2)C1. The lowest BCUT2D eigenvalue weighted by atomic mass is 9.77. The molecule has 1 aliphatic heterocycles. The summed E-state index contributed by atoms with van der Waals surface area (Å²) in [5.74, 6) is 1.35. The van der Waals surface area contributed by atoms with Gasteiger partial charge in [0, 0.05) is 19.1 Å². The molecule has 4 atom stereocenters. The normalized spacial score (nSPS) is 41.1. The minimum Gasteiger partial charge on any atom is -0.368 e. The molecule has 1 amide bonds. The molecule has 2 aliphatic rings. The van der Waals surface area contributed by atoms with Gasteiger partial charge in [0.1, 0.15) is 0 Å². The van der Waals surface area contributed by atoms with Crippen LogP contribution in [-0.4, -0.2) is 42.5 Å². The van der Waals surface area contributed by atoms with Crippen LogP contribution in [0.15, 0.2) is 0 Å². The zero-order chi connectivity index (χ0) is 14.0. The van der Waals surface area contributed by atoms with Crippen LogP contribution in [0.2, 0.25) is 0 Å². The summed E-state index contributed by atoms with van der Waals surface area (Å²) in [4.78, 5) is 14.4. The van der Waals surface area contributed by atoms with E-state index in [1.54, 1.807) is 0 Å². The van der Waals surface area contributed by atoms with Crippen LogP contribution >= 0.6 is 0 Å². The van der Waals surface area contributed by atoms with E-state index in [2.05, 4.69) is 24.1 Å². The maximum Gasteiger partial charge on any atom is 0.237 e. The molecule has 4 heteroatoms. The fraction of sp³-hybridized carbons (Fsp3) is 0.933. The second-order valence-corrected chi connectivity index (χ2v) is 6.85. The van der Waals surface area contributed by atoms with Gasteiger partial charge in [0.15, 0.2) is 0 Å². The molecule has 0 aromatic heterocycles. The fourth-order valence-corrected chi connectivity index (χ4v) is 4.14. The Morgan fingerprint density at radius 3 is 2.47 bits per heavy atom. The molecule has 4 nitrogen and oxygen atoms in total. The van der Waals surface area contributed by atoms with Crippen molar-refractivity contribution >= 4 is 5.91 Å². The van der Waals surface area contributed by atoms with Gasteiger partial charge in [-0.2, -0.15) is 0 Å². The second-order valence-electron chi connectivity index (χ2n) is 6.85. The molecule has 0 spiro atoms. The molecule has 0 bridgehead atoms. The van der Waals surface area contributed by atoms with Gasteiger partial charge in [-0.1, -0.05) is 13.8 Å². The summed E-state index contributed by atoms with van der Waals surface area (Å²) in [7, 11) is 1.87. The molecule has 2 rings (SSSR count). The first-order chi connectivity index (χ1) is 8.97. The van der Waals surface area contributed by atoms with Crippen molar-refractivity contribution in [3.63, 3.8) is 0 Å². The fourth-order valence-electron chi connectivity index (χ4n) is 4.14. The standard InChI is InChI=1S/C15H29N3O/c1-11-7-12(2)10-18(9-11)13-5-4-6-15(8-13,17-3)14(16)19/h11-13,17H,4-10H2,1-3H3,(H2,16,19). The molecular formula is C15H29N3O. The third-order valence-electron chi connectivity index (χ3n) is 5.09. The second kappa shape index (κ2) is 5.80. The minimum absolute atomic E-state index is 0.183. The molecule has 19 heavy (non-hydrogen) atoms. The number of piperidine rings is 1. The summed E-state index contributed by atoms with van der Waals surface area (Å²) in [5, 5.41) is 3.21. The molecule has 0 aromatic carbocycles. The van der Waals surface area contributed by atoms with Crippen LogP contribution in [0.4, 0.5) is 0 Å². The number of likely N-dealkylation sites (tertiary alicyclic amines) is 1. The summed E-state index contributed by atoms with van der Waals surface area (Å²) in [6, 6.07) is 0.513. The molecule has 2 fully saturated rings. The Morgan fingerprint density at radius 2 is 1.95 bits per heavy atom. The summed E-state index contributed by atoms with van der Waals surface area (Å²) >= 11 is 0. The van der Waals surface area contributed by atoms with Gasteiger partial charge in [-0.05, 0) is 51.0 Å². The third-order valence-corrected chi connectivity index (χ3v) is 5.09. The van der Waals surface area contributed by atoms with E-state index in [0.29, 0.717) is 6.04 Å². The maximum atomic E-state index is 11.8. The molecule has 4 unspecified atom stereocenters. The van der Waals surface area contributed by atoms with Crippen LogP contribution in [0.5, 0.6) is 0 Å². The average Bonchev–Trinajstić information content (AvgIpc) is 2.37. The highest BCUT2D eigenvalue weighted by Crippen LogP contribution is 2.34. The van der Waals surface area contributed by atoms with Crippen LogP contribution in [0, 0.1) is 11.8 Å². The van der Waals surface area contributed by atoms with Gasteiger partial charge in [0.25, 0.3) is 0 Å². The van der Waals surface area contributed by atoms with Crippen LogP contribution in [0.3, 0.4) is 0 Å². The largest absolute Gasteiger partial charge is 0.368 e. The highest BCUT2D eigenvalue weighted by molar-refractivity contribution is 5.84. The Kier molecular flexibility index (Phi) is 4.51. The number of carbonyl (C=O) groups excluding carboxylic acids is 1. The number of primary amides is 1. The highest BCUT2D eigenvalue weighted by Gasteiger charge is 2.42. The van der Waals surface area contributed by atoms with Crippen LogP contribution in [0.25, 0.3) is 0 Å². The molecule has 0 radical (unpaired) electrons. The van der Waals surface area contributed by atoms with Crippen LogP contribution in [-0.2, 0) is 4.79 Å². The van der Waals surface area contributed by atoms with E-state index in [4.69, 9.17) is 5.73 Å². The summed E-state index contributed by atoms with van der Waals surface area (Å²) < 4.78 is 0. The molecule has 0 aromatic rings. The van der Waals surface area contributed by atoms with Crippen molar-refractivity contribution in [3.8, 4) is 0 Å². The topological polar surface area (TPSA) is 58.4 Å². The number of hydrogen-bond donors (Lipinski definition) is 2. The van der Waals surface area contributed by atoms with Gasteiger partial charge >= 0.3 is 0 Å². The molecule has 1 heterocycles. The van der Waals surface area contributed by atoms with E-state index >= 15 is 0 Å². The molecule has 1 aliphatic carbocycles. The van der Waals surface area contributed by atoms with Gasteiger partial charge in [0.2, 0.25) is 5.91 Å². The highest BCUT2D eigenvalue weighted by atomic mass is 16.1. The van der Waals surface area contributed by atoms with Crippen molar-refractivity contribution in [2.24, 2.45) is 17.6 Å². The number of nitrogens with one attached hydrogen (secondary N) is 1. The number of carbonyl (C=O) groups is 1. The third kappa shape index (κ3) is 3.11. The van der Waals surface area contributed by atoms with Gasteiger partial charge < -0.3 is 11.1 Å². The predicted octanol–water partition coefficient (Wildman–Crippen LogP) is 1.35. The van der Waals surface area contributed by atoms with E-state index in [1.807, 2.05) is 7.05 Å². The summed E-state index contributed by atoms with van der Waals surface area (Å²) in [6.45, 7) is 7.02. The first kappa shape index (κ1) is 14.8. The Balaban J connectivity index is 2.06. The monoisotopic (exact) mass is 267 g/mol. The van der Waals surface area contributed by atoms with E-state index in [0.717, 1.165) is 31.1 Å². The van der Waals surface area contributed by atoms with Gasteiger partial charge in [-0.15, -0.1) is 0 Å². The van der Waals surface area contributed by atoms with E-state index in [1.165, 1.54) is 25.9 Å². The molecule has 1 saturated carbocycles. The van der Waals surface area contributed by atoms with Gasteiger partial charge in [0.05, 0.1) is 5.54 Å². The Morgan fingerprint density at radius 1 is 1.32 bits per heavy atom. The predicted molar refractivity (Wildman–Crippen MR) is 77.8 cm³/mol.